The number of hydrogen-bond acceptors (Lipinski definition) is 10. The standard InChI is InChI=1S/2C19H28N2O5S/c2*1-15(2)14-17(19(23)21-9-11-26-12-10-21)20-18(22)8-13-27(24,25)16-6-4-3-5-7-16/h2*3-7,15,17H,8-14H2,1-2H3,(H,20,22)/t2*17-/m00/s1. The summed E-state index contributed by atoms with van der Waals surface area (Å²) in [5, 5.41) is 5.47. The fourth-order valence-electron chi connectivity index (χ4n) is 5.87. The van der Waals surface area contributed by atoms with E-state index in [1.54, 1.807) is 46.2 Å². The number of rotatable bonds is 16. The molecule has 2 aromatic carbocycles. The van der Waals surface area contributed by atoms with Crippen LogP contribution in [0.2, 0.25) is 0 Å². The first-order valence-corrected chi connectivity index (χ1v) is 21.8. The van der Waals surface area contributed by atoms with Crippen molar-refractivity contribution in [1.82, 2.24) is 20.4 Å². The minimum absolute atomic E-state index is 0.133. The predicted octanol–water partition coefficient (Wildman–Crippen LogP) is 2.48. The fourth-order valence-corrected chi connectivity index (χ4v) is 8.40. The molecular weight excluding hydrogens is 737 g/mol. The van der Waals surface area contributed by atoms with Gasteiger partial charge in [0.05, 0.1) is 47.7 Å². The summed E-state index contributed by atoms with van der Waals surface area (Å²) in [5.41, 5.74) is 0. The average Bonchev–Trinajstić information content (AvgIpc) is 3.16. The van der Waals surface area contributed by atoms with Crippen LogP contribution >= 0.6 is 0 Å². The molecule has 0 aromatic heterocycles. The van der Waals surface area contributed by atoms with Crippen LogP contribution in [-0.2, 0) is 48.3 Å². The van der Waals surface area contributed by atoms with Gasteiger partial charge >= 0.3 is 0 Å². The maximum absolute atomic E-state index is 12.7. The third kappa shape index (κ3) is 15.1. The molecule has 2 fully saturated rings. The van der Waals surface area contributed by atoms with E-state index in [2.05, 4.69) is 10.6 Å². The first-order chi connectivity index (χ1) is 25.6. The molecule has 0 bridgehead atoms. The van der Waals surface area contributed by atoms with Crippen molar-refractivity contribution < 1.29 is 45.5 Å². The lowest BCUT2D eigenvalue weighted by atomic mass is 10.0. The number of benzene rings is 2. The molecule has 300 valence electrons. The third-order valence-electron chi connectivity index (χ3n) is 8.73. The van der Waals surface area contributed by atoms with Crippen LogP contribution < -0.4 is 10.6 Å². The van der Waals surface area contributed by atoms with Gasteiger partial charge in [0, 0.05) is 39.0 Å². The lowest BCUT2D eigenvalue weighted by Crippen LogP contribution is -2.52. The second-order valence-electron chi connectivity index (χ2n) is 14.1. The summed E-state index contributed by atoms with van der Waals surface area (Å²) in [7, 11) is -7.06. The maximum Gasteiger partial charge on any atom is 0.245 e. The van der Waals surface area contributed by atoms with Gasteiger partial charge in [-0.1, -0.05) is 64.1 Å². The Morgan fingerprint density at radius 1 is 0.574 bits per heavy atom. The molecule has 0 saturated carbocycles. The Bertz CT molecular complexity index is 1580. The van der Waals surface area contributed by atoms with Crippen molar-refractivity contribution in [2.75, 3.05) is 64.1 Å². The highest BCUT2D eigenvalue weighted by atomic mass is 32.2. The maximum atomic E-state index is 12.7. The highest BCUT2D eigenvalue weighted by Gasteiger charge is 2.30. The number of nitrogens with zero attached hydrogens (tertiary/aromatic N) is 2. The molecule has 2 aromatic rings. The predicted molar refractivity (Wildman–Crippen MR) is 204 cm³/mol. The quantitative estimate of drug-likeness (QED) is 0.256. The molecule has 2 aliphatic heterocycles. The lowest BCUT2D eigenvalue weighted by Gasteiger charge is -2.31. The Hall–Kier alpha value is -3.86. The summed E-state index contributed by atoms with van der Waals surface area (Å²) in [6, 6.07) is 14.8. The van der Waals surface area contributed by atoms with Crippen LogP contribution in [0.3, 0.4) is 0 Å². The normalized spacial score (nSPS) is 16.2. The van der Waals surface area contributed by atoms with Crippen molar-refractivity contribution in [2.45, 2.75) is 75.3 Å². The highest BCUT2D eigenvalue weighted by molar-refractivity contribution is 7.91. The number of sulfone groups is 2. The van der Waals surface area contributed by atoms with Gasteiger partial charge in [-0.25, -0.2) is 16.8 Å². The van der Waals surface area contributed by atoms with E-state index in [0.717, 1.165) is 0 Å². The average molecular weight is 793 g/mol. The van der Waals surface area contributed by atoms with E-state index in [-0.39, 0.29) is 57.8 Å². The summed E-state index contributed by atoms with van der Waals surface area (Å²) in [4.78, 5) is 53.9. The first kappa shape index (κ1) is 44.5. The topological polar surface area (TPSA) is 186 Å². The molecule has 54 heavy (non-hydrogen) atoms. The first-order valence-electron chi connectivity index (χ1n) is 18.5. The van der Waals surface area contributed by atoms with E-state index in [1.807, 2.05) is 27.7 Å². The van der Waals surface area contributed by atoms with Gasteiger partial charge in [-0.15, -0.1) is 0 Å². The zero-order valence-corrected chi connectivity index (χ0v) is 33.4. The third-order valence-corrected chi connectivity index (χ3v) is 12.2. The van der Waals surface area contributed by atoms with Crippen molar-refractivity contribution in [2.24, 2.45) is 11.8 Å². The monoisotopic (exact) mass is 792 g/mol. The van der Waals surface area contributed by atoms with Gasteiger partial charge in [-0.05, 0) is 48.9 Å². The molecule has 2 heterocycles. The van der Waals surface area contributed by atoms with Crippen molar-refractivity contribution in [3.63, 3.8) is 0 Å². The smallest absolute Gasteiger partial charge is 0.245 e. The van der Waals surface area contributed by atoms with Crippen LogP contribution in [0.5, 0.6) is 0 Å². The molecule has 2 N–H and O–H groups in total. The zero-order chi connectivity index (χ0) is 39.7. The summed E-state index contributed by atoms with van der Waals surface area (Å²) in [6.45, 7) is 11.9. The Balaban J connectivity index is 0.000000290. The van der Waals surface area contributed by atoms with Gasteiger partial charge in [0.2, 0.25) is 23.6 Å². The molecule has 2 aliphatic rings. The Labute approximate surface area is 320 Å². The largest absolute Gasteiger partial charge is 0.378 e. The molecule has 0 unspecified atom stereocenters. The molecule has 4 rings (SSSR count). The molecular formula is C38H56N4O10S2. The number of carbonyl (C=O) groups is 4. The van der Waals surface area contributed by atoms with Crippen molar-refractivity contribution in [3.8, 4) is 0 Å². The number of amides is 4. The SMILES string of the molecule is CC(C)C[C@H](NC(=O)CCS(=O)(=O)c1ccccc1)C(=O)N1CCOCC1.CC(C)C[C@H](NC(=O)CCS(=O)(=O)c1ccccc1)C(=O)N1CCOCC1. The van der Waals surface area contributed by atoms with E-state index in [1.165, 1.54) is 24.3 Å². The van der Waals surface area contributed by atoms with Crippen molar-refractivity contribution in [3.05, 3.63) is 60.7 Å². The van der Waals surface area contributed by atoms with Gasteiger partial charge in [-0.2, -0.15) is 0 Å². The molecule has 4 amide bonds. The Kier molecular flexibility index (Phi) is 18.0. The minimum Gasteiger partial charge on any atom is -0.378 e. The van der Waals surface area contributed by atoms with Crippen LogP contribution in [0.25, 0.3) is 0 Å². The van der Waals surface area contributed by atoms with Gasteiger partial charge < -0.3 is 29.9 Å². The lowest BCUT2D eigenvalue weighted by molar-refractivity contribution is -0.140. The van der Waals surface area contributed by atoms with Crippen LogP contribution in [0.4, 0.5) is 0 Å². The van der Waals surface area contributed by atoms with Gasteiger partial charge in [-0.3, -0.25) is 19.2 Å². The van der Waals surface area contributed by atoms with E-state index in [0.29, 0.717) is 65.4 Å². The summed E-state index contributed by atoms with van der Waals surface area (Å²) in [6.07, 6.45) is 0.658. The van der Waals surface area contributed by atoms with Crippen molar-refractivity contribution in [1.29, 1.82) is 0 Å². The van der Waals surface area contributed by atoms with Gasteiger partial charge in [0.1, 0.15) is 12.1 Å². The van der Waals surface area contributed by atoms with Crippen LogP contribution in [0.1, 0.15) is 53.4 Å². The zero-order valence-electron chi connectivity index (χ0n) is 31.8. The second-order valence-corrected chi connectivity index (χ2v) is 18.4. The summed E-state index contributed by atoms with van der Waals surface area (Å²) >= 11 is 0. The van der Waals surface area contributed by atoms with Crippen LogP contribution in [0, 0.1) is 11.8 Å². The van der Waals surface area contributed by atoms with E-state index in [9.17, 15) is 36.0 Å². The molecule has 2 saturated heterocycles. The van der Waals surface area contributed by atoms with Gasteiger partial charge in [0.25, 0.3) is 0 Å². The van der Waals surface area contributed by atoms with Gasteiger partial charge in [0.15, 0.2) is 19.7 Å². The number of carbonyl (C=O) groups excluding carboxylic acids is 4. The Morgan fingerprint density at radius 3 is 1.19 bits per heavy atom. The number of morpholine rings is 2. The highest BCUT2D eigenvalue weighted by Crippen LogP contribution is 2.15. The van der Waals surface area contributed by atoms with Crippen LogP contribution in [-0.4, -0.2) is 126 Å². The molecule has 0 spiro atoms. The summed E-state index contributed by atoms with van der Waals surface area (Å²) < 4.78 is 59.8. The minimum atomic E-state index is -3.53. The van der Waals surface area contributed by atoms with Crippen LogP contribution in [0.15, 0.2) is 70.5 Å². The molecule has 14 nitrogen and oxygen atoms in total. The number of ether oxygens (including phenoxy) is 2. The molecule has 0 aliphatic carbocycles. The van der Waals surface area contributed by atoms with Crippen molar-refractivity contribution >= 4 is 43.3 Å². The Morgan fingerprint density at radius 2 is 0.889 bits per heavy atom. The van der Waals surface area contributed by atoms with E-state index >= 15 is 0 Å². The molecule has 2 atom stereocenters. The fraction of sp³-hybridized carbons (Fsp3) is 0.579. The molecule has 0 radical (unpaired) electrons. The van der Waals surface area contributed by atoms with E-state index in [4.69, 9.17) is 9.47 Å². The molecule has 16 heteroatoms. The second kappa shape index (κ2) is 21.9. The number of hydrogen-bond donors (Lipinski definition) is 2. The number of nitrogens with one attached hydrogen (secondary N) is 2. The van der Waals surface area contributed by atoms with E-state index < -0.39 is 43.6 Å². The summed E-state index contributed by atoms with van der Waals surface area (Å²) in [5.74, 6) is -1.27.